The molecule has 0 radical (unpaired) electrons. The number of aliphatic hydroxyl groups excluding tert-OH is 1. The van der Waals surface area contributed by atoms with E-state index in [1.807, 2.05) is 25.2 Å². The van der Waals surface area contributed by atoms with Crippen molar-refractivity contribution < 1.29 is 24.1 Å². The second kappa shape index (κ2) is 10.3. The van der Waals surface area contributed by atoms with E-state index in [1.165, 1.54) is 23.6 Å². The van der Waals surface area contributed by atoms with Crippen molar-refractivity contribution >= 4 is 5.97 Å². The number of hydrogen-bond acceptors (Lipinski definition) is 5. The summed E-state index contributed by atoms with van der Waals surface area (Å²) in [6.07, 6.45) is 13.3. The Hall–Kier alpha value is -1.95. The van der Waals surface area contributed by atoms with Gasteiger partial charge in [0.25, 0.3) is 0 Å². The van der Waals surface area contributed by atoms with Crippen LogP contribution in [0.5, 0.6) is 0 Å². The zero-order chi connectivity index (χ0) is 23.5. The van der Waals surface area contributed by atoms with Crippen LogP contribution in [0.2, 0.25) is 0 Å². The van der Waals surface area contributed by atoms with E-state index in [1.54, 1.807) is 0 Å². The normalized spacial score (nSPS) is 32.5. The summed E-state index contributed by atoms with van der Waals surface area (Å²) in [5.41, 5.74) is 5.68. The molecule has 0 aromatic carbocycles. The van der Waals surface area contributed by atoms with Gasteiger partial charge in [0.2, 0.25) is 5.79 Å². The Balaban J connectivity index is 1.82. The van der Waals surface area contributed by atoms with Gasteiger partial charge in [0.05, 0.1) is 18.8 Å². The van der Waals surface area contributed by atoms with Crippen LogP contribution >= 0.6 is 0 Å². The van der Waals surface area contributed by atoms with Crippen LogP contribution in [0.4, 0.5) is 0 Å². The van der Waals surface area contributed by atoms with Gasteiger partial charge in [-0.25, -0.2) is 0 Å². The van der Waals surface area contributed by atoms with E-state index >= 15 is 0 Å². The number of aliphatic hydroxyl groups is 1. The van der Waals surface area contributed by atoms with Crippen LogP contribution in [0.1, 0.15) is 67.2 Å². The lowest BCUT2D eigenvalue weighted by Gasteiger charge is -2.46. The van der Waals surface area contributed by atoms with Crippen molar-refractivity contribution in [2.45, 2.75) is 91.3 Å². The number of allylic oxidation sites excluding steroid dienone is 3. The van der Waals surface area contributed by atoms with Crippen molar-refractivity contribution in [2.24, 2.45) is 5.92 Å². The van der Waals surface area contributed by atoms with Crippen LogP contribution in [0.3, 0.4) is 0 Å². The van der Waals surface area contributed by atoms with E-state index in [4.69, 9.17) is 14.2 Å². The Morgan fingerprint density at radius 2 is 1.97 bits per heavy atom. The standard InChI is InChI=1S/C27H38O5/c1-17(2)8-7-9-18(3)10-23-11-19(4)14-27(31-23)15-22(16-28)24-13-25(30-21(6)29)20(5)12-26(24)32-27/h8,10,12,14-15,23-26,28H,7,9,11,13,16H2,1-6H3/b18-10+/t23-,24-,25-,26-,27+/m1/s1. The molecule has 5 atom stereocenters. The summed E-state index contributed by atoms with van der Waals surface area (Å²) in [6.45, 7) is 11.8. The number of rotatable bonds is 6. The molecule has 0 bridgehead atoms. The molecule has 0 fully saturated rings. The van der Waals surface area contributed by atoms with E-state index in [0.717, 1.165) is 30.4 Å². The third kappa shape index (κ3) is 6.09. The smallest absolute Gasteiger partial charge is 0.303 e. The average Bonchev–Trinajstić information content (AvgIpc) is 2.67. The first-order valence-corrected chi connectivity index (χ1v) is 11.6. The second-order valence-electron chi connectivity index (χ2n) is 9.72. The Morgan fingerprint density at radius 1 is 1.22 bits per heavy atom. The molecule has 0 saturated carbocycles. The van der Waals surface area contributed by atoms with Gasteiger partial charge >= 0.3 is 5.97 Å². The molecule has 0 saturated heterocycles. The summed E-state index contributed by atoms with van der Waals surface area (Å²) in [6, 6.07) is 0. The molecule has 5 heteroatoms. The predicted octanol–water partition coefficient (Wildman–Crippen LogP) is 5.33. The maximum Gasteiger partial charge on any atom is 0.303 e. The molecule has 0 amide bonds. The van der Waals surface area contributed by atoms with Crippen molar-refractivity contribution in [1.82, 2.24) is 0 Å². The van der Waals surface area contributed by atoms with Gasteiger partial charge in [-0.1, -0.05) is 34.9 Å². The molecule has 0 aromatic heterocycles. The summed E-state index contributed by atoms with van der Waals surface area (Å²) in [5, 5.41) is 10.2. The van der Waals surface area contributed by atoms with Crippen LogP contribution in [0.25, 0.3) is 0 Å². The number of carbonyl (C=O) groups is 1. The lowest BCUT2D eigenvalue weighted by Crippen LogP contribution is -2.49. The first-order valence-electron chi connectivity index (χ1n) is 11.6. The van der Waals surface area contributed by atoms with Gasteiger partial charge in [-0.3, -0.25) is 4.79 Å². The molecule has 2 heterocycles. The molecule has 2 aliphatic heterocycles. The Morgan fingerprint density at radius 3 is 2.62 bits per heavy atom. The molecule has 3 aliphatic rings. The zero-order valence-corrected chi connectivity index (χ0v) is 20.3. The molecule has 1 N–H and O–H groups in total. The molecule has 176 valence electrons. The van der Waals surface area contributed by atoms with Crippen molar-refractivity contribution in [3.63, 3.8) is 0 Å². The van der Waals surface area contributed by atoms with Gasteiger partial charge in [0.15, 0.2) is 0 Å². The summed E-state index contributed by atoms with van der Waals surface area (Å²) >= 11 is 0. The molecule has 0 unspecified atom stereocenters. The second-order valence-corrected chi connectivity index (χ2v) is 9.72. The summed E-state index contributed by atoms with van der Waals surface area (Å²) in [4.78, 5) is 11.5. The average molecular weight is 443 g/mol. The monoisotopic (exact) mass is 442 g/mol. The number of hydrogen-bond donors (Lipinski definition) is 1. The highest BCUT2D eigenvalue weighted by Gasteiger charge is 2.46. The van der Waals surface area contributed by atoms with E-state index in [2.05, 4.69) is 39.8 Å². The summed E-state index contributed by atoms with van der Waals surface area (Å²) in [7, 11) is 0. The quantitative estimate of drug-likeness (QED) is 0.445. The molecule has 0 aromatic rings. The lowest BCUT2D eigenvalue weighted by atomic mass is 9.78. The molecule has 3 rings (SSSR count). The van der Waals surface area contributed by atoms with Gasteiger partial charge in [-0.15, -0.1) is 0 Å². The first kappa shape index (κ1) is 24.7. The minimum atomic E-state index is -0.992. The van der Waals surface area contributed by atoms with Crippen molar-refractivity contribution in [3.8, 4) is 0 Å². The molecule has 1 spiro atoms. The topological polar surface area (TPSA) is 65.0 Å². The van der Waals surface area contributed by atoms with Crippen LogP contribution in [0, 0.1) is 5.92 Å². The van der Waals surface area contributed by atoms with Crippen LogP contribution in [-0.2, 0) is 19.0 Å². The highest BCUT2D eigenvalue weighted by molar-refractivity contribution is 5.66. The fourth-order valence-corrected chi connectivity index (χ4v) is 4.88. The highest BCUT2D eigenvalue weighted by Crippen LogP contribution is 2.43. The molecular formula is C27H38O5. The van der Waals surface area contributed by atoms with Crippen molar-refractivity contribution in [1.29, 1.82) is 0 Å². The Kier molecular flexibility index (Phi) is 7.97. The van der Waals surface area contributed by atoms with Crippen LogP contribution in [0.15, 0.2) is 58.2 Å². The van der Waals surface area contributed by atoms with Gasteiger partial charge in [0.1, 0.15) is 6.10 Å². The number of ether oxygens (including phenoxy) is 3. The predicted molar refractivity (Wildman–Crippen MR) is 126 cm³/mol. The Bertz CT molecular complexity index is 870. The maximum absolute atomic E-state index is 11.5. The molecular weight excluding hydrogens is 404 g/mol. The third-order valence-corrected chi connectivity index (χ3v) is 6.34. The van der Waals surface area contributed by atoms with E-state index in [0.29, 0.717) is 6.42 Å². The van der Waals surface area contributed by atoms with Crippen LogP contribution < -0.4 is 0 Å². The zero-order valence-electron chi connectivity index (χ0n) is 20.3. The van der Waals surface area contributed by atoms with Crippen LogP contribution in [-0.4, -0.2) is 41.8 Å². The van der Waals surface area contributed by atoms with Gasteiger partial charge in [-0.05, 0) is 83.6 Å². The summed E-state index contributed by atoms with van der Waals surface area (Å²) in [5.74, 6) is -1.33. The fraction of sp³-hybridized carbons (Fsp3) is 0.593. The van der Waals surface area contributed by atoms with Gasteiger partial charge < -0.3 is 19.3 Å². The summed E-state index contributed by atoms with van der Waals surface area (Å²) < 4.78 is 18.5. The fourth-order valence-electron chi connectivity index (χ4n) is 4.88. The first-order chi connectivity index (χ1) is 15.1. The number of esters is 1. The minimum Gasteiger partial charge on any atom is -0.458 e. The SMILES string of the molecule is CC(=O)O[C@@H]1C[C@@H]2C(CO)=C[C@]3(C=C(C)C[C@@H](/C=C(\C)CCC=C(C)C)O3)O[C@@H]2C=C1C. The van der Waals surface area contributed by atoms with E-state index < -0.39 is 5.79 Å². The van der Waals surface area contributed by atoms with Crippen molar-refractivity contribution in [2.75, 3.05) is 6.61 Å². The number of carbonyl (C=O) groups excluding carboxylic acids is 1. The number of fused-ring (bicyclic) bond motifs is 1. The Labute approximate surface area is 192 Å². The lowest BCUT2D eigenvalue weighted by molar-refractivity contribution is -0.227. The molecule has 5 nitrogen and oxygen atoms in total. The largest absolute Gasteiger partial charge is 0.458 e. The maximum atomic E-state index is 11.5. The molecule has 32 heavy (non-hydrogen) atoms. The van der Waals surface area contributed by atoms with E-state index in [9.17, 15) is 9.90 Å². The van der Waals surface area contributed by atoms with E-state index in [-0.39, 0.29) is 36.8 Å². The molecule has 1 aliphatic carbocycles. The van der Waals surface area contributed by atoms with Crippen molar-refractivity contribution in [3.05, 3.63) is 58.2 Å². The minimum absolute atomic E-state index is 0.0438. The van der Waals surface area contributed by atoms with Gasteiger partial charge in [0, 0.05) is 12.8 Å². The van der Waals surface area contributed by atoms with Gasteiger partial charge in [-0.2, -0.15) is 0 Å². The third-order valence-electron chi connectivity index (χ3n) is 6.34. The highest BCUT2D eigenvalue weighted by atomic mass is 16.7.